The Kier molecular flexibility index (Phi) is 3.90. The molecule has 0 aliphatic rings. The van der Waals surface area contributed by atoms with Crippen LogP contribution in [-0.4, -0.2) is 11.5 Å². The Morgan fingerprint density at radius 2 is 2.05 bits per heavy atom. The van der Waals surface area contributed by atoms with Crippen molar-refractivity contribution in [2.45, 2.75) is 26.2 Å². The lowest BCUT2D eigenvalue weighted by Crippen LogP contribution is -1.99. The second kappa shape index (κ2) is 5.81. The van der Waals surface area contributed by atoms with E-state index >= 15 is 0 Å². The molecule has 0 radical (unpaired) electrons. The van der Waals surface area contributed by atoms with Crippen LogP contribution in [0.25, 0.3) is 21.5 Å². The maximum absolute atomic E-state index is 5.63. The number of H-pyrrole nitrogens is 1. The summed E-state index contributed by atoms with van der Waals surface area (Å²) in [6.07, 6.45) is 3.33. The molecule has 20 heavy (non-hydrogen) atoms. The van der Waals surface area contributed by atoms with Crippen LogP contribution in [0, 0.1) is 6.92 Å². The Labute approximate surface area is 123 Å². The highest BCUT2D eigenvalue weighted by Gasteiger charge is 2.14. The van der Waals surface area contributed by atoms with Gasteiger partial charge in [0.15, 0.2) is 0 Å². The Morgan fingerprint density at radius 1 is 1.15 bits per heavy atom. The Hall–Kier alpha value is -1.58. The van der Waals surface area contributed by atoms with Crippen molar-refractivity contribution in [3.63, 3.8) is 0 Å². The summed E-state index contributed by atoms with van der Waals surface area (Å²) in [4.78, 5) is 4.96. The van der Waals surface area contributed by atoms with Crippen LogP contribution in [0.15, 0.2) is 35.7 Å². The van der Waals surface area contributed by atoms with Crippen molar-refractivity contribution in [3.8, 4) is 10.6 Å². The first kappa shape index (κ1) is 13.4. The predicted molar refractivity (Wildman–Crippen MR) is 88.3 cm³/mol. The van der Waals surface area contributed by atoms with Gasteiger partial charge in [0.2, 0.25) is 0 Å². The summed E-state index contributed by atoms with van der Waals surface area (Å²) < 4.78 is 0. The van der Waals surface area contributed by atoms with Crippen LogP contribution in [0.1, 0.15) is 24.0 Å². The number of thiophene rings is 1. The number of para-hydroxylation sites is 1. The molecule has 0 saturated heterocycles. The summed E-state index contributed by atoms with van der Waals surface area (Å²) in [6, 6.07) is 10.9. The van der Waals surface area contributed by atoms with E-state index in [2.05, 4.69) is 47.6 Å². The molecule has 0 unspecified atom stereocenters. The number of nitrogens with one attached hydrogen (secondary N) is 1. The molecule has 3 heteroatoms. The molecule has 2 aromatic heterocycles. The van der Waals surface area contributed by atoms with E-state index in [4.69, 9.17) is 5.73 Å². The molecule has 0 aliphatic heterocycles. The zero-order valence-electron chi connectivity index (χ0n) is 11.8. The minimum absolute atomic E-state index is 0.774. The Bertz CT molecular complexity index is 695. The van der Waals surface area contributed by atoms with Gasteiger partial charge in [-0.3, -0.25) is 0 Å². The fourth-order valence-electron chi connectivity index (χ4n) is 2.76. The van der Waals surface area contributed by atoms with Gasteiger partial charge in [-0.05, 0) is 55.3 Å². The molecule has 0 aliphatic carbocycles. The summed E-state index contributed by atoms with van der Waals surface area (Å²) in [6.45, 7) is 2.94. The van der Waals surface area contributed by atoms with Crippen LogP contribution in [0.2, 0.25) is 0 Å². The lowest BCUT2D eigenvalue weighted by atomic mass is 10.0. The van der Waals surface area contributed by atoms with E-state index in [0.717, 1.165) is 25.8 Å². The quantitative estimate of drug-likeness (QED) is 0.666. The average molecular weight is 284 g/mol. The predicted octanol–water partition coefficient (Wildman–Crippen LogP) is 4.49. The zero-order chi connectivity index (χ0) is 13.9. The molecular weight excluding hydrogens is 264 g/mol. The van der Waals surface area contributed by atoms with Gasteiger partial charge >= 0.3 is 0 Å². The van der Waals surface area contributed by atoms with E-state index < -0.39 is 0 Å². The topological polar surface area (TPSA) is 41.8 Å². The van der Waals surface area contributed by atoms with E-state index in [0.29, 0.717) is 0 Å². The smallest absolute Gasteiger partial charge is 0.0598 e. The molecule has 2 nitrogen and oxygen atoms in total. The lowest BCUT2D eigenvalue weighted by molar-refractivity contribution is 0.748. The second-order valence-corrected chi connectivity index (χ2v) is 6.15. The number of hydrogen-bond donors (Lipinski definition) is 2. The van der Waals surface area contributed by atoms with Crippen LogP contribution in [0.4, 0.5) is 0 Å². The zero-order valence-corrected chi connectivity index (χ0v) is 12.6. The first-order chi connectivity index (χ1) is 9.81. The Morgan fingerprint density at radius 3 is 2.80 bits per heavy atom. The van der Waals surface area contributed by atoms with Crippen LogP contribution in [0.5, 0.6) is 0 Å². The summed E-state index contributed by atoms with van der Waals surface area (Å²) in [5, 5.41) is 3.50. The molecule has 0 bridgehead atoms. The molecule has 3 aromatic rings. The molecule has 0 spiro atoms. The second-order valence-electron chi connectivity index (χ2n) is 5.20. The summed E-state index contributed by atoms with van der Waals surface area (Å²) in [7, 11) is 0. The van der Waals surface area contributed by atoms with E-state index in [1.165, 1.54) is 32.6 Å². The number of benzene rings is 1. The highest BCUT2D eigenvalue weighted by molar-refractivity contribution is 7.13. The monoisotopic (exact) mass is 284 g/mol. The van der Waals surface area contributed by atoms with Crippen molar-refractivity contribution < 1.29 is 0 Å². The molecule has 0 amide bonds. The van der Waals surface area contributed by atoms with E-state index in [1.807, 2.05) is 0 Å². The number of unbranched alkanes of at least 4 members (excludes halogenated alkanes) is 1. The van der Waals surface area contributed by atoms with Crippen LogP contribution in [0.3, 0.4) is 0 Å². The van der Waals surface area contributed by atoms with Crippen molar-refractivity contribution >= 4 is 22.2 Å². The standard InChI is InChI=1S/C17H20N2S/c1-12-6-4-8-13-14(7-2-3-10-18)17(19-16(12)13)15-9-5-11-20-15/h4-6,8-9,11,19H,2-3,7,10,18H2,1H3. The number of fused-ring (bicyclic) bond motifs is 1. The van der Waals surface area contributed by atoms with Gasteiger partial charge in [0.1, 0.15) is 0 Å². The van der Waals surface area contributed by atoms with Crippen molar-refractivity contribution in [2.24, 2.45) is 5.73 Å². The fourth-order valence-corrected chi connectivity index (χ4v) is 3.51. The average Bonchev–Trinajstić information content (AvgIpc) is 3.07. The molecule has 104 valence electrons. The first-order valence-corrected chi connectivity index (χ1v) is 8.03. The largest absolute Gasteiger partial charge is 0.353 e. The molecule has 1 aromatic carbocycles. The highest BCUT2D eigenvalue weighted by atomic mass is 32.1. The van der Waals surface area contributed by atoms with Gasteiger partial charge in [-0.1, -0.05) is 24.3 Å². The van der Waals surface area contributed by atoms with Crippen molar-refractivity contribution in [2.75, 3.05) is 6.54 Å². The van der Waals surface area contributed by atoms with Crippen molar-refractivity contribution in [3.05, 3.63) is 46.8 Å². The number of hydrogen-bond acceptors (Lipinski definition) is 2. The van der Waals surface area contributed by atoms with Gasteiger partial charge in [0, 0.05) is 10.9 Å². The SMILES string of the molecule is Cc1cccc2c(CCCCN)c(-c3cccs3)[nH]c12. The Balaban J connectivity index is 2.12. The minimum Gasteiger partial charge on any atom is -0.353 e. The third-order valence-corrected chi connectivity index (χ3v) is 4.69. The van der Waals surface area contributed by atoms with E-state index in [1.54, 1.807) is 11.3 Å². The third kappa shape index (κ3) is 2.39. The van der Waals surface area contributed by atoms with Crippen LogP contribution in [-0.2, 0) is 6.42 Å². The molecule has 3 N–H and O–H groups in total. The molecule has 0 saturated carbocycles. The van der Waals surface area contributed by atoms with Gasteiger partial charge < -0.3 is 10.7 Å². The van der Waals surface area contributed by atoms with Gasteiger partial charge in [-0.15, -0.1) is 11.3 Å². The van der Waals surface area contributed by atoms with E-state index in [9.17, 15) is 0 Å². The minimum atomic E-state index is 0.774. The maximum Gasteiger partial charge on any atom is 0.0598 e. The first-order valence-electron chi connectivity index (χ1n) is 7.15. The summed E-state index contributed by atoms with van der Waals surface area (Å²) in [5.41, 5.74) is 11.0. The summed E-state index contributed by atoms with van der Waals surface area (Å²) >= 11 is 1.79. The number of aromatic amines is 1. The number of nitrogens with two attached hydrogens (primary N) is 1. The highest BCUT2D eigenvalue weighted by Crippen LogP contribution is 2.34. The summed E-state index contributed by atoms with van der Waals surface area (Å²) in [5.74, 6) is 0. The van der Waals surface area contributed by atoms with Crippen molar-refractivity contribution in [1.82, 2.24) is 4.98 Å². The fraction of sp³-hybridized carbons (Fsp3) is 0.294. The normalized spacial score (nSPS) is 11.3. The number of rotatable bonds is 5. The van der Waals surface area contributed by atoms with Crippen molar-refractivity contribution in [1.29, 1.82) is 0 Å². The lowest BCUT2D eigenvalue weighted by Gasteiger charge is -2.03. The van der Waals surface area contributed by atoms with Gasteiger partial charge in [0.05, 0.1) is 10.6 Å². The maximum atomic E-state index is 5.63. The van der Waals surface area contributed by atoms with Crippen LogP contribution >= 0.6 is 11.3 Å². The number of aromatic nitrogens is 1. The number of aryl methyl sites for hydroxylation is 2. The molecule has 3 rings (SSSR count). The third-order valence-electron chi connectivity index (χ3n) is 3.80. The molecular formula is C17H20N2S. The van der Waals surface area contributed by atoms with Gasteiger partial charge in [0.25, 0.3) is 0 Å². The molecule has 0 atom stereocenters. The van der Waals surface area contributed by atoms with Gasteiger partial charge in [-0.2, -0.15) is 0 Å². The molecule has 2 heterocycles. The molecule has 0 fully saturated rings. The van der Waals surface area contributed by atoms with Crippen LogP contribution < -0.4 is 5.73 Å². The van der Waals surface area contributed by atoms with E-state index in [-0.39, 0.29) is 0 Å². The van der Waals surface area contributed by atoms with Gasteiger partial charge in [-0.25, -0.2) is 0 Å².